The Labute approximate surface area is 137 Å². The van der Waals surface area contributed by atoms with Crippen LogP contribution in [0.2, 0.25) is 0 Å². The summed E-state index contributed by atoms with van der Waals surface area (Å²) >= 11 is 0. The molecule has 2 aromatic carbocycles. The first-order valence-corrected chi connectivity index (χ1v) is 7.40. The number of carbonyl (C=O) groups excluding carboxylic acids is 1. The number of nitrogens with zero attached hydrogens (tertiary/aromatic N) is 2. The third-order valence-electron chi connectivity index (χ3n) is 3.52. The second-order valence-electron chi connectivity index (χ2n) is 5.34. The lowest BCUT2D eigenvalue weighted by Gasteiger charge is -2.04. The normalized spacial score (nSPS) is 10.9. The van der Waals surface area contributed by atoms with Gasteiger partial charge in [0.25, 0.3) is 5.91 Å². The van der Waals surface area contributed by atoms with Gasteiger partial charge in [-0.2, -0.15) is 0 Å². The van der Waals surface area contributed by atoms with Gasteiger partial charge in [-0.05, 0) is 37.3 Å². The van der Waals surface area contributed by atoms with E-state index in [9.17, 15) is 4.79 Å². The molecule has 6 nitrogen and oxygen atoms in total. The Kier molecular flexibility index (Phi) is 3.35. The van der Waals surface area contributed by atoms with Gasteiger partial charge in [0.1, 0.15) is 11.3 Å². The molecule has 0 fully saturated rings. The summed E-state index contributed by atoms with van der Waals surface area (Å²) in [5, 5.41) is 6.49. The highest BCUT2D eigenvalue weighted by atomic mass is 16.5. The number of aryl methyl sites for hydroxylation is 1. The van der Waals surface area contributed by atoms with E-state index in [1.807, 2.05) is 36.4 Å². The van der Waals surface area contributed by atoms with Crippen LogP contribution < -0.4 is 5.32 Å². The van der Waals surface area contributed by atoms with Gasteiger partial charge in [0, 0.05) is 17.3 Å². The van der Waals surface area contributed by atoms with Crippen molar-refractivity contribution in [2.45, 2.75) is 6.92 Å². The smallest absolute Gasteiger partial charge is 0.277 e. The molecule has 0 unspecified atom stereocenters. The third kappa shape index (κ3) is 2.65. The summed E-state index contributed by atoms with van der Waals surface area (Å²) in [5.41, 5.74) is 3.15. The van der Waals surface area contributed by atoms with Crippen molar-refractivity contribution in [3.05, 3.63) is 66.1 Å². The highest BCUT2D eigenvalue weighted by Gasteiger charge is 2.13. The summed E-state index contributed by atoms with van der Waals surface area (Å²) in [4.78, 5) is 16.6. The minimum Gasteiger partial charge on any atom is -0.436 e. The van der Waals surface area contributed by atoms with E-state index in [4.69, 9.17) is 8.94 Å². The molecule has 0 atom stereocenters. The number of rotatable bonds is 3. The number of oxazole rings is 1. The average Bonchev–Trinajstić information content (AvgIpc) is 3.21. The van der Waals surface area contributed by atoms with Gasteiger partial charge >= 0.3 is 0 Å². The lowest BCUT2D eigenvalue weighted by molar-refractivity contribution is 0.101. The lowest BCUT2D eigenvalue weighted by Crippen LogP contribution is -2.12. The van der Waals surface area contributed by atoms with Crippen molar-refractivity contribution in [1.82, 2.24) is 10.1 Å². The fourth-order valence-electron chi connectivity index (χ4n) is 2.39. The van der Waals surface area contributed by atoms with E-state index < -0.39 is 0 Å². The standard InChI is InChI=1S/C18H13N3O3/c1-11-9-15(21-24-11)17(22)19-13-6-4-5-12(10-13)18-20-14-7-2-3-8-16(14)23-18/h2-10H,1H3,(H,19,22). The second kappa shape index (κ2) is 5.66. The zero-order valence-electron chi connectivity index (χ0n) is 12.8. The number of anilines is 1. The number of amides is 1. The molecule has 2 aromatic heterocycles. The molecule has 0 radical (unpaired) electrons. The van der Waals surface area contributed by atoms with Crippen molar-refractivity contribution in [3.63, 3.8) is 0 Å². The number of nitrogens with one attached hydrogen (secondary N) is 1. The Balaban J connectivity index is 1.62. The Bertz CT molecular complexity index is 1000. The molecule has 1 amide bonds. The molecular weight excluding hydrogens is 306 g/mol. The predicted molar refractivity (Wildman–Crippen MR) is 88.6 cm³/mol. The van der Waals surface area contributed by atoms with Crippen molar-refractivity contribution in [3.8, 4) is 11.5 Å². The second-order valence-corrected chi connectivity index (χ2v) is 5.34. The van der Waals surface area contributed by atoms with Crippen molar-refractivity contribution >= 4 is 22.7 Å². The fraction of sp³-hybridized carbons (Fsp3) is 0.0556. The Morgan fingerprint density at radius 2 is 1.96 bits per heavy atom. The summed E-state index contributed by atoms with van der Waals surface area (Å²) in [5.74, 6) is 0.756. The molecule has 2 heterocycles. The topological polar surface area (TPSA) is 81.2 Å². The Morgan fingerprint density at radius 3 is 2.75 bits per heavy atom. The zero-order chi connectivity index (χ0) is 16.5. The van der Waals surface area contributed by atoms with Gasteiger partial charge in [-0.15, -0.1) is 0 Å². The molecule has 4 rings (SSSR count). The van der Waals surface area contributed by atoms with E-state index in [1.54, 1.807) is 25.1 Å². The van der Waals surface area contributed by atoms with Crippen molar-refractivity contribution in [2.75, 3.05) is 5.32 Å². The van der Waals surface area contributed by atoms with E-state index >= 15 is 0 Å². The molecule has 0 spiro atoms. The van der Waals surface area contributed by atoms with Crippen LogP contribution in [-0.4, -0.2) is 16.0 Å². The summed E-state index contributed by atoms with van der Waals surface area (Å²) in [6.07, 6.45) is 0. The first kappa shape index (κ1) is 14.2. The van der Waals surface area contributed by atoms with Crippen LogP contribution in [0.4, 0.5) is 5.69 Å². The number of fused-ring (bicyclic) bond motifs is 1. The van der Waals surface area contributed by atoms with Gasteiger partial charge in [-0.25, -0.2) is 4.98 Å². The molecular formula is C18H13N3O3. The van der Waals surface area contributed by atoms with E-state index in [-0.39, 0.29) is 11.6 Å². The highest BCUT2D eigenvalue weighted by molar-refractivity contribution is 6.03. The Hall–Kier alpha value is -3.41. The quantitative estimate of drug-likeness (QED) is 0.616. The van der Waals surface area contributed by atoms with Crippen LogP contribution in [-0.2, 0) is 0 Å². The van der Waals surface area contributed by atoms with Crippen LogP contribution in [0.15, 0.2) is 63.5 Å². The third-order valence-corrected chi connectivity index (χ3v) is 3.52. The molecule has 0 saturated carbocycles. The number of benzene rings is 2. The van der Waals surface area contributed by atoms with Gasteiger partial charge < -0.3 is 14.3 Å². The molecule has 4 aromatic rings. The average molecular weight is 319 g/mol. The fourth-order valence-corrected chi connectivity index (χ4v) is 2.39. The first-order valence-electron chi connectivity index (χ1n) is 7.40. The zero-order valence-corrected chi connectivity index (χ0v) is 12.8. The SMILES string of the molecule is Cc1cc(C(=O)Nc2cccc(-c3nc4ccccc4o3)c2)no1. The number of hydrogen-bond donors (Lipinski definition) is 1. The minimum atomic E-state index is -0.332. The molecule has 0 aliphatic carbocycles. The van der Waals surface area contributed by atoms with Crippen LogP contribution in [0, 0.1) is 6.92 Å². The molecule has 0 bridgehead atoms. The molecule has 118 valence electrons. The highest BCUT2D eigenvalue weighted by Crippen LogP contribution is 2.26. The number of carbonyl (C=O) groups is 1. The lowest BCUT2D eigenvalue weighted by atomic mass is 10.2. The van der Waals surface area contributed by atoms with Gasteiger partial charge in [-0.1, -0.05) is 23.4 Å². The van der Waals surface area contributed by atoms with Crippen LogP contribution in [0.25, 0.3) is 22.6 Å². The molecule has 0 saturated heterocycles. The van der Waals surface area contributed by atoms with E-state index in [0.717, 1.165) is 16.7 Å². The minimum absolute atomic E-state index is 0.236. The van der Waals surface area contributed by atoms with E-state index in [1.165, 1.54) is 0 Å². The maximum atomic E-state index is 12.1. The summed E-state index contributed by atoms with van der Waals surface area (Å²) in [7, 11) is 0. The molecule has 24 heavy (non-hydrogen) atoms. The summed E-state index contributed by atoms with van der Waals surface area (Å²) in [6.45, 7) is 1.73. The van der Waals surface area contributed by atoms with Crippen molar-refractivity contribution in [1.29, 1.82) is 0 Å². The monoisotopic (exact) mass is 319 g/mol. The molecule has 1 N–H and O–H groups in total. The predicted octanol–water partition coefficient (Wildman–Crippen LogP) is 4.04. The number of aromatic nitrogens is 2. The largest absolute Gasteiger partial charge is 0.436 e. The maximum Gasteiger partial charge on any atom is 0.277 e. The van der Waals surface area contributed by atoms with Crippen molar-refractivity contribution in [2.24, 2.45) is 0 Å². The van der Waals surface area contributed by atoms with E-state index in [0.29, 0.717) is 17.3 Å². The number of hydrogen-bond acceptors (Lipinski definition) is 5. The van der Waals surface area contributed by atoms with Crippen LogP contribution in [0.1, 0.15) is 16.2 Å². The summed E-state index contributed by atoms with van der Waals surface area (Å²) in [6, 6.07) is 16.4. The van der Waals surface area contributed by atoms with Crippen molar-refractivity contribution < 1.29 is 13.7 Å². The van der Waals surface area contributed by atoms with E-state index in [2.05, 4.69) is 15.5 Å². The van der Waals surface area contributed by atoms with Gasteiger partial charge in [-0.3, -0.25) is 4.79 Å². The van der Waals surface area contributed by atoms with Crippen LogP contribution in [0.3, 0.4) is 0 Å². The van der Waals surface area contributed by atoms with Gasteiger partial charge in [0.2, 0.25) is 5.89 Å². The number of para-hydroxylation sites is 2. The first-order chi connectivity index (χ1) is 11.7. The van der Waals surface area contributed by atoms with Gasteiger partial charge in [0.15, 0.2) is 11.3 Å². The Morgan fingerprint density at radius 1 is 1.08 bits per heavy atom. The van der Waals surface area contributed by atoms with Crippen LogP contribution in [0.5, 0.6) is 0 Å². The van der Waals surface area contributed by atoms with Crippen LogP contribution >= 0.6 is 0 Å². The summed E-state index contributed by atoms with van der Waals surface area (Å²) < 4.78 is 10.7. The molecule has 0 aliphatic rings. The molecule has 6 heteroatoms. The maximum absolute atomic E-state index is 12.1. The van der Waals surface area contributed by atoms with Gasteiger partial charge in [0.05, 0.1) is 0 Å². The molecule has 0 aliphatic heterocycles.